The maximum Gasteiger partial charge on any atom is 0.254 e. The van der Waals surface area contributed by atoms with E-state index in [0.29, 0.717) is 28.9 Å². The first-order valence-electron chi connectivity index (χ1n) is 10.8. The number of fused-ring (bicyclic) bond motifs is 1. The molecule has 2 N–H and O–H groups in total. The van der Waals surface area contributed by atoms with Gasteiger partial charge in [0.1, 0.15) is 5.00 Å². The van der Waals surface area contributed by atoms with Crippen molar-refractivity contribution in [3.63, 3.8) is 0 Å². The first kappa shape index (κ1) is 23.4. The number of rotatable bonds is 9. The van der Waals surface area contributed by atoms with Gasteiger partial charge in [-0.25, -0.2) is 0 Å². The Hall–Kier alpha value is -2.76. The number of nitrogens with zero attached hydrogens (tertiary/aromatic N) is 4. The number of benzene rings is 1. The molecular weight excluding hydrogens is 460 g/mol. The van der Waals surface area contributed by atoms with E-state index in [0.717, 1.165) is 42.5 Å². The lowest BCUT2D eigenvalue weighted by atomic mass is 9.95. The highest BCUT2D eigenvalue weighted by molar-refractivity contribution is 7.99. The molecule has 2 amide bonds. The van der Waals surface area contributed by atoms with Crippen LogP contribution in [0.25, 0.3) is 5.69 Å². The average Bonchev–Trinajstić information content (AvgIpc) is 3.42. The molecule has 174 valence electrons. The van der Waals surface area contributed by atoms with Crippen LogP contribution in [0.4, 0.5) is 5.00 Å². The molecule has 1 aliphatic carbocycles. The molecule has 0 bridgehead atoms. The van der Waals surface area contributed by atoms with Crippen molar-refractivity contribution in [1.29, 1.82) is 0 Å². The summed E-state index contributed by atoms with van der Waals surface area (Å²) in [4.78, 5) is 26.9. The predicted octanol–water partition coefficient (Wildman–Crippen LogP) is 3.02. The molecule has 0 unspecified atom stereocenters. The topological polar surface area (TPSA) is 111 Å². The van der Waals surface area contributed by atoms with Gasteiger partial charge in [0.25, 0.3) is 5.91 Å². The fourth-order valence-corrected chi connectivity index (χ4v) is 5.73. The van der Waals surface area contributed by atoms with Gasteiger partial charge >= 0.3 is 0 Å². The summed E-state index contributed by atoms with van der Waals surface area (Å²) in [6.45, 7) is 2.86. The van der Waals surface area contributed by atoms with Crippen LogP contribution in [0.15, 0.2) is 29.4 Å². The van der Waals surface area contributed by atoms with E-state index in [1.165, 1.54) is 28.0 Å². The molecule has 0 atom stereocenters. The highest BCUT2D eigenvalue weighted by Crippen LogP contribution is 2.38. The zero-order chi connectivity index (χ0) is 23.2. The van der Waals surface area contributed by atoms with E-state index in [-0.39, 0.29) is 17.6 Å². The summed E-state index contributed by atoms with van der Waals surface area (Å²) in [6, 6.07) is 7.83. The molecule has 0 radical (unpaired) electrons. The monoisotopic (exact) mass is 486 g/mol. The fraction of sp³-hybridized carbons (Fsp3) is 0.409. The van der Waals surface area contributed by atoms with Gasteiger partial charge in [-0.3, -0.25) is 9.59 Å². The summed E-state index contributed by atoms with van der Waals surface area (Å²) in [6.07, 6.45) is 3.94. The number of nitrogens with one attached hydrogen (secondary N) is 2. The van der Waals surface area contributed by atoms with Crippen molar-refractivity contribution in [1.82, 2.24) is 25.5 Å². The maximum absolute atomic E-state index is 12.9. The Kier molecular flexibility index (Phi) is 7.73. The van der Waals surface area contributed by atoms with Gasteiger partial charge in [-0.15, -0.1) is 16.4 Å². The van der Waals surface area contributed by atoms with Crippen LogP contribution in [0.5, 0.6) is 0 Å². The number of anilines is 1. The lowest BCUT2D eigenvalue weighted by molar-refractivity contribution is -0.113. The molecule has 1 aromatic carbocycles. The van der Waals surface area contributed by atoms with E-state index in [4.69, 9.17) is 4.74 Å². The van der Waals surface area contributed by atoms with Gasteiger partial charge in [-0.2, -0.15) is 4.68 Å². The number of methoxy groups -OCH3 is 1. The third kappa shape index (κ3) is 5.60. The van der Waals surface area contributed by atoms with Crippen molar-refractivity contribution in [2.75, 3.05) is 31.3 Å². The molecule has 11 heteroatoms. The molecule has 9 nitrogen and oxygen atoms in total. The SMILES string of the molecule is COCCNC(=O)c1c(NC(=O)CSc2nnnn2-c2cccc(C)c2)sc2c1CCCC2. The second-order valence-corrected chi connectivity index (χ2v) is 9.76. The van der Waals surface area contributed by atoms with E-state index in [9.17, 15) is 9.59 Å². The molecule has 4 rings (SSSR count). The Morgan fingerprint density at radius 2 is 2.12 bits per heavy atom. The molecule has 2 aromatic heterocycles. The molecule has 0 fully saturated rings. The number of amides is 2. The molecule has 1 aliphatic rings. The quantitative estimate of drug-likeness (QED) is 0.353. The number of thioether (sulfide) groups is 1. The molecule has 0 saturated carbocycles. The Morgan fingerprint density at radius 3 is 2.94 bits per heavy atom. The third-order valence-corrected chi connectivity index (χ3v) is 7.39. The number of ether oxygens (including phenoxy) is 1. The summed E-state index contributed by atoms with van der Waals surface area (Å²) in [5.74, 6) is -0.249. The predicted molar refractivity (Wildman–Crippen MR) is 128 cm³/mol. The molecule has 3 aromatic rings. The van der Waals surface area contributed by atoms with Crippen LogP contribution in [0.3, 0.4) is 0 Å². The van der Waals surface area contributed by atoms with Gasteiger partial charge in [0.2, 0.25) is 11.1 Å². The number of hydrogen-bond donors (Lipinski definition) is 2. The van der Waals surface area contributed by atoms with Crippen LogP contribution < -0.4 is 10.6 Å². The van der Waals surface area contributed by atoms with Crippen LogP contribution in [0.2, 0.25) is 0 Å². The molecule has 0 spiro atoms. The van der Waals surface area contributed by atoms with Crippen molar-refractivity contribution < 1.29 is 14.3 Å². The first-order valence-corrected chi connectivity index (χ1v) is 12.6. The van der Waals surface area contributed by atoms with Gasteiger partial charge < -0.3 is 15.4 Å². The zero-order valence-electron chi connectivity index (χ0n) is 18.6. The van der Waals surface area contributed by atoms with Gasteiger partial charge in [0.15, 0.2) is 0 Å². The van der Waals surface area contributed by atoms with E-state index in [1.54, 1.807) is 11.8 Å². The summed E-state index contributed by atoms with van der Waals surface area (Å²) >= 11 is 2.75. The van der Waals surface area contributed by atoms with Crippen LogP contribution in [0.1, 0.15) is 39.2 Å². The first-order chi connectivity index (χ1) is 16.1. The maximum atomic E-state index is 12.9. The Morgan fingerprint density at radius 1 is 1.27 bits per heavy atom. The van der Waals surface area contributed by atoms with E-state index in [1.807, 2.05) is 31.2 Å². The van der Waals surface area contributed by atoms with Gasteiger partial charge in [-0.1, -0.05) is 23.9 Å². The number of tetrazole rings is 1. The van der Waals surface area contributed by atoms with Gasteiger partial charge in [0, 0.05) is 18.5 Å². The van der Waals surface area contributed by atoms with E-state index >= 15 is 0 Å². The lowest BCUT2D eigenvalue weighted by Crippen LogP contribution is -2.29. The molecular formula is C22H26N6O3S2. The van der Waals surface area contributed by atoms with Crippen molar-refractivity contribution in [2.24, 2.45) is 0 Å². The number of aromatic nitrogens is 4. The molecule has 33 heavy (non-hydrogen) atoms. The van der Waals surface area contributed by atoms with Crippen molar-refractivity contribution in [3.05, 3.63) is 45.8 Å². The fourth-order valence-electron chi connectivity index (χ4n) is 3.73. The van der Waals surface area contributed by atoms with Crippen molar-refractivity contribution in [2.45, 2.75) is 37.8 Å². The van der Waals surface area contributed by atoms with Crippen LogP contribution in [-0.2, 0) is 22.4 Å². The van der Waals surface area contributed by atoms with E-state index < -0.39 is 0 Å². The normalized spacial score (nSPS) is 12.9. The van der Waals surface area contributed by atoms with E-state index in [2.05, 4.69) is 26.2 Å². The lowest BCUT2D eigenvalue weighted by Gasteiger charge is -2.13. The van der Waals surface area contributed by atoms with Crippen LogP contribution in [-0.4, -0.2) is 58.0 Å². The standard InChI is InChI=1S/C22H26N6O3S2/c1-14-6-5-7-15(12-14)28-22(25-26-27-28)32-13-18(29)24-21-19(20(30)23-10-11-31-2)16-8-3-4-9-17(16)33-21/h5-7,12H,3-4,8-11,13H2,1-2H3,(H,23,30)(H,24,29). The van der Waals surface area contributed by atoms with Gasteiger partial charge in [-0.05, 0) is 66.3 Å². The number of aryl methyl sites for hydroxylation is 2. The van der Waals surface area contributed by atoms with Crippen LogP contribution in [0, 0.1) is 6.92 Å². The highest BCUT2D eigenvalue weighted by Gasteiger charge is 2.26. The van der Waals surface area contributed by atoms with Crippen LogP contribution >= 0.6 is 23.1 Å². The zero-order valence-corrected chi connectivity index (χ0v) is 20.2. The second-order valence-electron chi connectivity index (χ2n) is 7.71. The van der Waals surface area contributed by atoms with Gasteiger partial charge in [0.05, 0.1) is 23.6 Å². The van der Waals surface area contributed by atoms with Crippen molar-refractivity contribution >= 4 is 39.9 Å². The Bertz CT molecular complexity index is 1140. The second kappa shape index (κ2) is 10.9. The molecule has 0 aliphatic heterocycles. The third-order valence-electron chi connectivity index (χ3n) is 5.26. The Labute approximate surface area is 200 Å². The molecule has 0 saturated heterocycles. The largest absolute Gasteiger partial charge is 0.383 e. The summed E-state index contributed by atoms with van der Waals surface area (Å²) in [5, 5.41) is 18.8. The smallest absolute Gasteiger partial charge is 0.254 e. The minimum atomic E-state index is -0.205. The minimum absolute atomic E-state index is 0.124. The molecule has 2 heterocycles. The number of hydrogen-bond acceptors (Lipinski definition) is 8. The highest BCUT2D eigenvalue weighted by atomic mass is 32.2. The van der Waals surface area contributed by atoms with Crippen molar-refractivity contribution in [3.8, 4) is 5.69 Å². The number of thiophene rings is 1. The minimum Gasteiger partial charge on any atom is -0.383 e. The summed E-state index contributed by atoms with van der Waals surface area (Å²) in [5.41, 5.74) is 3.58. The summed E-state index contributed by atoms with van der Waals surface area (Å²) in [7, 11) is 1.59. The Balaban J connectivity index is 1.46. The number of carbonyl (C=O) groups excluding carboxylic acids is 2. The average molecular weight is 487 g/mol. The summed E-state index contributed by atoms with van der Waals surface area (Å²) < 4.78 is 6.64. The number of carbonyl (C=O) groups is 2.